The van der Waals surface area contributed by atoms with Crippen molar-refractivity contribution < 1.29 is 29.6 Å². The Morgan fingerprint density at radius 2 is 2.00 bits per heavy atom. The zero-order chi connectivity index (χ0) is 13.9. The van der Waals surface area contributed by atoms with Crippen LogP contribution in [-0.2, 0) is 11.2 Å². The summed E-state index contributed by atoms with van der Waals surface area (Å²) < 4.78 is 4.94. The van der Waals surface area contributed by atoms with Crippen molar-refractivity contribution in [3.8, 4) is 11.5 Å². The van der Waals surface area contributed by atoms with Crippen molar-refractivity contribution in [2.45, 2.75) is 12.5 Å². The van der Waals surface area contributed by atoms with Crippen LogP contribution < -0.4 is 10.5 Å². The molecule has 7 heteroatoms. The molecule has 0 aliphatic heterocycles. The number of phenols is 1. The number of benzene rings is 1. The van der Waals surface area contributed by atoms with Crippen LogP contribution in [-0.4, -0.2) is 40.4 Å². The molecule has 1 aromatic carbocycles. The summed E-state index contributed by atoms with van der Waals surface area (Å²) in [7, 11) is 1.32. The maximum absolute atomic E-state index is 10.8. The predicted octanol–water partition coefficient (Wildman–Crippen LogP) is 0.0534. The molecule has 0 saturated carbocycles. The average molecular weight is 255 g/mol. The van der Waals surface area contributed by atoms with Crippen LogP contribution in [0.4, 0.5) is 0 Å². The fraction of sp³-hybridized carbons (Fsp3) is 0.273. The number of carbonyl (C=O) groups is 2. The Morgan fingerprint density at radius 1 is 1.39 bits per heavy atom. The van der Waals surface area contributed by atoms with Crippen molar-refractivity contribution in [3.05, 3.63) is 23.3 Å². The summed E-state index contributed by atoms with van der Waals surface area (Å²) in [6, 6.07) is 1.09. The molecule has 0 aromatic heterocycles. The minimum atomic E-state index is -1.32. The first-order valence-electron chi connectivity index (χ1n) is 4.98. The van der Waals surface area contributed by atoms with Gasteiger partial charge in [-0.1, -0.05) is 0 Å². The first-order chi connectivity index (χ1) is 8.36. The molecule has 0 fully saturated rings. The maximum atomic E-state index is 10.8. The van der Waals surface area contributed by atoms with E-state index in [-0.39, 0.29) is 17.7 Å². The van der Waals surface area contributed by atoms with E-state index in [0.717, 1.165) is 12.1 Å². The van der Waals surface area contributed by atoms with E-state index in [9.17, 15) is 14.7 Å². The lowest BCUT2D eigenvalue weighted by Crippen LogP contribution is -2.32. The fourth-order valence-corrected chi connectivity index (χ4v) is 1.46. The summed E-state index contributed by atoms with van der Waals surface area (Å²) in [6.45, 7) is 0. The molecular formula is C11H13NO6. The van der Waals surface area contributed by atoms with Gasteiger partial charge < -0.3 is 25.8 Å². The van der Waals surface area contributed by atoms with Crippen molar-refractivity contribution in [2.24, 2.45) is 5.73 Å². The zero-order valence-electron chi connectivity index (χ0n) is 9.58. The molecule has 0 heterocycles. The molecule has 98 valence electrons. The maximum Gasteiger partial charge on any atom is 0.339 e. The number of carboxylic acid groups (broad SMARTS) is 2. The molecular weight excluding hydrogens is 242 g/mol. The summed E-state index contributed by atoms with van der Waals surface area (Å²) in [5.41, 5.74) is 5.35. The van der Waals surface area contributed by atoms with Crippen LogP contribution in [0, 0.1) is 0 Å². The van der Waals surface area contributed by atoms with Crippen molar-refractivity contribution in [1.82, 2.24) is 0 Å². The van der Waals surface area contributed by atoms with Gasteiger partial charge in [0, 0.05) is 12.5 Å². The number of aliphatic carboxylic acids is 1. The highest BCUT2D eigenvalue weighted by Crippen LogP contribution is 2.29. The number of aromatic hydroxyl groups is 1. The standard InChI is InChI=1S/C11H13NO6/c1-18-9-4-8(13)6(10(14)15)2-5(9)3-7(12)11(16)17/h2,4,7,13H,3,12H2,1H3,(H,14,15)(H,16,17). The normalized spacial score (nSPS) is 11.9. The molecule has 1 rings (SSSR count). The van der Waals surface area contributed by atoms with Crippen molar-refractivity contribution >= 4 is 11.9 Å². The number of rotatable bonds is 5. The smallest absolute Gasteiger partial charge is 0.339 e. The summed E-state index contributed by atoms with van der Waals surface area (Å²) in [5.74, 6) is -2.79. The van der Waals surface area contributed by atoms with Gasteiger partial charge in [-0.05, 0) is 11.6 Å². The average Bonchev–Trinajstić information content (AvgIpc) is 2.30. The Hall–Kier alpha value is -2.28. The van der Waals surface area contributed by atoms with E-state index in [2.05, 4.69) is 0 Å². The topological polar surface area (TPSA) is 130 Å². The highest BCUT2D eigenvalue weighted by atomic mass is 16.5. The Balaban J connectivity index is 3.19. The number of carboxylic acids is 2. The monoisotopic (exact) mass is 255 g/mol. The van der Waals surface area contributed by atoms with Gasteiger partial charge in [-0.2, -0.15) is 0 Å². The second-order valence-corrected chi connectivity index (χ2v) is 3.64. The SMILES string of the molecule is COc1cc(O)c(C(=O)O)cc1CC(N)C(=O)O. The van der Waals surface area contributed by atoms with Crippen LogP contribution in [0.25, 0.3) is 0 Å². The van der Waals surface area contributed by atoms with Crippen LogP contribution in [0.15, 0.2) is 12.1 Å². The first kappa shape index (κ1) is 13.8. The third-order valence-electron chi connectivity index (χ3n) is 2.39. The van der Waals surface area contributed by atoms with Gasteiger partial charge in [0.15, 0.2) is 0 Å². The Kier molecular flexibility index (Phi) is 4.11. The number of nitrogens with two attached hydrogens (primary N) is 1. The third-order valence-corrected chi connectivity index (χ3v) is 2.39. The summed E-state index contributed by atoms with van der Waals surface area (Å²) >= 11 is 0. The van der Waals surface area contributed by atoms with Crippen LogP contribution in [0.1, 0.15) is 15.9 Å². The Morgan fingerprint density at radius 3 is 2.44 bits per heavy atom. The molecule has 7 nitrogen and oxygen atoms in total. The molecule has 1 atom stereocenters. The van der Waals surface area contributed by atoms with E-state index < -0.39 is 23.7 Å². The van der Waals surface area contributed by atoms with Gasteiger partial charge in [-0.25, -0.2) is 4.79 Å². The number of methoxy groups -OCH3 is 1. The number of ether oxygens (including phenoxy) is 1. The van der Waals surface area contributed by atoms with Crippen LogP contribution in [0.5, 0.6) is 11.5 Å². The van der Waals surface area contributed by atoms with E-state index in [1.807, 2.05) is 0 Å². The second-order valence-electron chi connectivity index (χ2n) is 3.64. The van der Waals surface area contributed by atoms with E-state index in [1.54, 1.807) is 0 Å². The number of hydrogen-bond donors (Lipinski definition) is 4. The van der Waals surface area contributed by atoms with Crippen LogP contribution in [0.3, 0.4) is 0 Å². The second kappa shape index (κ2) is 5.37. The lowest BCUT2D eigenvalue weighted by Gasteiger charge is -2.13. The molecule has 0 bridgehead atoms. The molecule has 0 spiro atoms. The fourth-order valence-electron chi connectivity index (χ4n) is 1.46. The molecule has 0 aliphatic carbocycles. The molecule has 18 heavy (non-hydrogen) atoms. The van der Waals surface area contributed by atoms with Crippen molar-refractivity contribution in [1.29, 1.82) is 0 Å². The Labute approximate surface area is 102 Å². The van der Waals surface area contributed by atoms with Crippen molar-refractivity contribution in [2.75, 3.05) is 7.11 Å². The largest absolute Gasteiger partial charge is 0.507 e. The van der Waals surface area contributed by atoms with E-state index in [4.69, 9.17) is 20.7 Å². The Bertz CT molecular complexity index is 485. The van der Waals surface area contributed by atoms with Gasteiger partial charge in [0.2, 0.25) is 0 Å². The lowest BCUT2D eigenvalue weighted by molar-refractivity contribution is -0.138. The quantitative estimate of drug-likeness (QED) is 0.584. The van der Waals surface area contributed by atoms with Gasteiger partial charge in [0.05, 0.1) is 7.11 Å². The minimum Gasteiger partial charge on any atom is -0.507 e. The highest BCUT2D eigenvalue weighted by Gasteiger charge is 2.19. The van der Waals surface area contributed by atoms with E-state index in [1.165, 1.54) is 7.11 Å². The van der Waals surface area contributed by atoms with Gasteiger partial charge in [-0.3, -0.25) is 4.79 Å². The number of hydrogen-bond acceptors (Lipinski definition) is 5. The molecule has 0 saturated heterocycles. The highest BCUT2D eigenvalue weighted by molar-refractivity contribution is 5.91. The molecule has 1 aromatic rings. The van der Waals surface area contributed by atoms with Crippen LogP contribution >= 0.6 is 0 Å². The summed E-state index contributed by atoms with van der Waals surface area (Å²) in [4.78, 5) is 21.5. The zero-order valence-corrected chi connectivity index (χ0v) is 9.58. The number of aromatic carboxylic acids is 1. The predicted molar refractivity (Wildman–Crippen MR) is 60.9 cm³/mol. The van der Waals surface area contributed by atoms with Crippen molar-refractivity contribution in [3.63, 3.8) is 0 Å². The van der Waals surface area contributed by atoms with Gasteiger partial charge in [0.25, 0.3) is 0 Å². The summed E-state index contributed by atoms with van der Waals surface area (Å²) in [6.07, 6.45) is -0.0981. The van der Waals surface area contributed by atoms with E-state index >= 15 is 0 Å². The summed E-state index contributed by atoms with van der Waals surface area (Å²) in [5, 5.41) is 27.0. The van der Waals surface area contributed by atoms with E-state index in [0.29, 0.717) is 5.56 Å². The lowest BCUT2D eigenvalue weighted by atomic mass is 10.0. The molecule has 5 N–H and O–H groups in total. The first-order valence-corrected chi connectivity index (χ1v) is 4.98. The van der Waals surface area contributed by atoms with Gasteiger partial charge in [-0.15, -0.1) is 0 Å². The van der Waals surface area contributed by atoms with Gasteiger partial charge in [0.1, 0.15) is 23.1 Å². The van der Waals surface area contributed by atoms with Crippen LogP contribution in [0.2, 0.25) is 0 Å². The molecule has 0 amide bonds. The molecule has 0 aliphatic rings. The third kappa shape index (κ3) is 2.89. The minimum absolute atomic E-state index is 0.0981. The molecule has 1 unspecified atom stereocenters. The molecule has 0 radical (unpaired) electrons. The van der Waals surface area contributed by atoms with Gasteiger partial charge >= 0.3 is 11.9 Å².